The molecule has 0 radical (unpaired) electrons. The summed E-state index contributed by atoms with van der Waals surface area (Å²) >= 11 is 0. The summed E-state index contributed by atoms with van der Waals surface area (Å²) in [5, 5.41) is 9.66. The molecule has 0 heterocycles. The Hall–Kier alpha value is -1.92. The Balaban J connectivity index is 3.29. The van der Waals surface area contributed by atoms with Gasteiger partial charge >= 0.3 is 0 Å². The standard InChI is InChI=1S/C18H23NO2/c1-6-15(14-10-8-7-9-11-14)18(13-19,21-5)16(20)12-17(2,3)4/h6-11,15H,1,12H2,2-5H3/t15-,18-/m0/s1. The number of rotatable bonds is 6. The van der Waals surface area contributed by atoms with Crippen LogP contribution in [0.4, 0.5) is 0 Å². The molecule has 0 amide bonds. The van der Waals surface area contributed by atoms with E-state index in [9.17, 15) is 10.1 Å². The number of ketones is 1. The number of Topliss-reactive ketones (excluding diaryl/α,β-unsaturated/α-hetero) is 1. The third-order valence-electron chi connectivity index (χ3n) is 3.43. The van der Waals surface area contributed by atoms with Gasteiger partial charge in [0.25, 0.3) is 0 Å². The highest BCUT2D eigenvalue weighted by atomic mass is 16.5. The largest absolute Gasteiger partial charge is 0.356 e. The molecule has 112 valence electrons. The number of hydrogen-bond donors (Lipinski definition) is 0. The van der Waals surface area contributed by atoms with Crippen LogP contribution in [0.15, 0.2) is 43.0 Å². The summed E-state index contributed by atoms with van der Waals surface area (Å²) in [7, 11) is 1.41. The molecule has 0 aliphatic rings. The number of benzene rings is 1. The highest BCUT2D eigenvalue weighted by Crippen LogP contribution is 2.36. The lowest BCUT2D eigenvalue weighted by molar-refractivity contribution is -0.138. The molecule has 1 aromatic rings. The van der Waals surface area contributed by atoms with Gasteiger partial charge in [-0.15, -0.1) is 6.58 Å². The first kappa shape index (κ1) is 17.1. The summed E-state index contributed by atoms with van der Waals surface area (Å²) < 4.78 is 5.42. The number of carbonyl (C=O) groups excluding carboxylic acids is 1. The van der Waals surface area contributed by atoms with Crippen LogP contribution < -0.4 is 0 Å². The molecule has 0 aromatic heterocycles. The van der Waals surface area contributed by atoms with E-state index >= 15 is 0 Å². The van der Waals surface area contributed by atoms with Gasteiger partial charge in [0.05, 0.1) is 5.92 Å². The first-order valence-electron chi connectivity index (χ1n) is 6.98. The third-order valence-corrected chi connectivity index (χ3v) is 3.43. The molecule has 1 rings (SSSR count). The van der Waals surface area contributed by atoms with Crippen LogP contribution in [0.2, 0.25) is 0 Å². The van der Waals surface area contributed by atoms with Crippen molar-refractivity contribution < 1.29 is 9.53 Å². The van der Waals surface area contributed by atoms with E-state index in [4.69, 9.17) is 4.74 Å². The maximum absolute atomic E-state index is 12.7. The minimum absolute atomic E-state index is 0.208. The lowest BCUT2D eigenvalue weighted by Crippen LogP contribution is -2.46. The summed E-state index contributed by atoms with van der Waals surface area (Å²) in [5.41, 5.74) is -0.894. The van der Waals surface area contributed by atoms with Gasteiger partial charge in [-0.1, -0.05) is 57.2 Å². The quantitative estimate of drug-likeness (QED) is 0.745. The van der Waals surface area contributed by atoms with Gasteiger partial charge in [-0.25, -0.2) is 0 Å². The van der Waals surface area contributed by atoms with E-state index in [-0.39, 0.29) is 17.6 Å². The van der Waals surface area contributed by atoms with Crippen LogP contribution in [-0.4, -0.2) is 18.5 Å². The highest BCUT2D eigenvalue weighted by molar-refractivity contribution is 5.92. The molecule has 0 spiro atoms. The molecule has 21 heavy (non-hydrogen) atoms. The second kappa shape index (κ2) is 6.69. The maximum Gasteiger partial charge on any atom is 0.222 e. The zero-order chi connectivity index (χ0) is 16.1. The van der Waals surface area contributed by atoms with Crippen molar-refractivity contribution in [3.63, 3.8) is 0 Å². The van der Waals surface area contributed by atoms with E-state index in [1.54, 1.807) is 6.08 Å². The Labute approximate surface area is 127 Å². The number of methoxy groups -OCH3 is 1. The van der Waals surface area contributed by atoms with E-state index < -0.39 is 11.5 Å². The fraction of sp³-hybridized carbons (Fsp3) is 0.444. The summed E-state index contributed by atoms with van der Waals surface area (Å²) in [4.78, 5) is 12.7. The Morgan fingerprint density at radius 3 is 2.33 bits per heavy atom. The molecule has 3 nitrogen and oxygen atoms in total. The first-order valence-corrected chi connectivity index (χ1v) is 6.98. The molecule has 1 aromatic carbocycles. The summed E-state index contributed by atoms with van der Waals surface area (Å²) in [6.07, 6.45) is 1.88. The zero-order valence-corrected chi connectivity index (χ0v) is 13.2. The summed E-state index contributed by atoms with van der Waals surface area (Å²) in [6, 6.07) is 11.5. The topological polar surface area (TPSA) is 50.1 Å². The minimum Gasteiger partial charge on any atom is -0.356 e. The van der Waals surface area contributed by atoms with Gasteiger partial charge in [-0.2, -0.15) is 5.26 Å². The Morgan fingerprint density at radius 2 is 1.95 bits per heavy atom. The van der Waals surface area contributed by atoms with Crippen molar-refractivity contribution in [3.05, 3.63) is 48.6 Å². The SMILES string of the molecule is C=C[C@@H](c1ccccc1)[C@](C#N)(OC)C(=O)CC(C)(C)C. The van der Waals surface area contributed by atoms with E-state index in [2.05, 4.69) is 12.6 Å². The van der Waals surface area contributed by atoms with Gasteiger partial charge in [0.1, 0.15) is 6.07 Å². The fourth-order valence-corrected chi connectivity index (χ4v) is 2.40. The second-order valence-corrected chi connectivity index (χ2v) is 6.34. The van der Waals surface area contributed by atoms with E-state index in [1.807, 2.05) is 51.1 Å². The Bertz CT molecular complexity index is 537. The number of hydrogen-bond acceptors (Lipinski definition) is 3. The predicted molar refractivity (Wildman–Crippen MR) is 83.8 cm³/mol. The first-order chi connectivity index (χ1) is 9.80. The Kier molecular flexibility index (Phi) is 5.46. The normalized spacial score (nSPS) is 15.6. The van der Waals surface area contributed by atoms with Gasteiger partial charge < -0.3 is 4.74 Å². The average Bonchev–Trinajstić information content (AvgIpc) is 2.43. The molecule has 0 saturated heterocycles. The molecule has 3 heteroatoms. The lowest BCUT2D eigenvalue weighted by Gasteiger charge is -2.33. The summed E-state index contributed by atoms with van der Waals surface area (Å²) in [6.45, 7) is 9.69. The van der Waals surface area contributed by atoms with Gasteiger partial charge in [0.15, 0.2) is 5.78 Å². The summed E-state index contributed by atoms with van der Waals surface area (Å²) in [5.74, 6) is -0.711. The fourth-order valence-electron chi connectivity index (χ4n) is 2.40. The van der Waals surface area contributed by atoms with Crippen molar-refractivity contribution in [2.75, 3.05) is 7.11 Å². The van der Waals surface area contributed by atoms with Gasteiger partial charge in [0.2, 0.25) is 5.60 Å². The molecule has 0 N–H and O–H groups in total. The van der Waals surface area contributed by atoms with Crippen molar-refractivity contribution >= 4 is 5.78 Å². The van der Waals surface area contributed by atoms with Crippen LogP contribution in [0.25, 0.3) is 0 Å². The molecule has 0 fully saturated rings. The van der Waals surface area contributed by atoms with Crippen LogP contribution in [0.5, 0.6) is 0 Å². The van der Waals surface area contributed by atoms with Crippen LogP contribution in [0, 0.1) is 16.7 Å². The average molecular weight is 285 g/mol. The molecule has 2 atom stereocenters. The van der Waals surface area contributed by atoms with Crippen molar-refractivity contribution in [2.24, 2.45) is 5.41 Å². The van der Waals surface area contributed by atoms with Crippen molar-refractivity contribution in [3.8, 4) is 6.07 Å². The highest BCUT2D eigenvalue weighted by Gasteiger charge is 2.46. The number of ether oxygens (including phenoxy) is 1. The predicted octanol–water partition coefficient (Wildman–Crippen LogP) is 3.87. The molecule has 0 saturated carbocycles. The number of nitrogens with zero attached hydrogens (tertiary/aromatic N) is 1. The van der Waals surface area contributed by atoms with Gasteiger partial charge in [-0.05, 0) is 11.0 Å². The molecule has 0 aliphatic carbocycles. The monoisotopic (exact) mass is 285 g/mol. The van der Waals surface area contributed by atoms with Crippen molar-refractivity contribution in [1.29, 1.82) is 5.26 Å². The minimum atomic E-state index is -1.53. The third kappa shape index (κ3) is 3.80. The second-order valence-electron chi connectivity index (χ2n) is 6.34. The van der Waals surface area contributed by atoms with Crippen LogP contribution in [0.3, 0.4) is 0 Å². The molecule has 0 bridgehead atoms. The van der Waals surface area contributed by atoms with E-state index in [0.29, 0.717) is 0 Å². The van der Waals surface area contributed by atoms with Gasteiger partial charge in [0, 0.05) is 13.5 Å². The van der Waals surface area contributed by atoms with Crippen LogP contribution >= 0.6 is 0 Å². The lowest BCUT2D eigenvalue weighted by atomic mass is 9.75. The Morgan fingerprint density at radius 1 is 1.38 bits per heavy atom. The maximum atomic E-state index is 12.7. The number of nitriles is 1. The van der Waals surface area contributed by atoms with Gasteiger partial charge in [-0.3, -0.25) is 4.79 Å². The molecular weight excluding hydrogens is 262 g/mol. The molecule has 0 aliphatic heterocycles. The number of carbonyl (C=O) groups is 1. The van der Waals surface area contributed by atoms with Crippen molar-refractivity contribution in [1.82, 2.24) is 0 Å². The van der Waals surface area contributed by atoms with Crippen LogP contribution in [-0.2, 0) is 9.53 Å². The molecule has 0 unspecified atom stereocenters. The smallest absolute Gasteiger partial charge is 0.222 e. The van der Waals surface area contributed by atoms with Crippen molar-refractivity contribution in [2.45, 2.75) is 38.7 Å². The van der Waals surface area contributed by atoms with E-state index in [0.717, 1.165) is 5.56 Å². The van der Waals surface area contributed by atoms with E-state index in [1.165, 1.54) is 7.11 Å². The molecular formula is C18H23NO2. The van der Waals surface area contributed by atoms with Crippen LogP contribution in [0.1, 0.15) is 38.7 Å². The zero-order valence-electron chi connectivity index (χ0n) is 13.2.